The molecule has 0 aromatic heterocycles. The molecule has 0 aliphatic carbocycles. The van der Waals surface area contributed by atoms with Gasteiger partial charge < -0.3 is 14.2 Å². The molecule has 0 N–H and O–H groups in total. The van der Waals surface area contributed by atoms with Crippen LogP contribution in [0.4, 0.5) is 5.69 Å². The van der Waals surface area contributed by atoms with E-state index in [2.05, 4.69) is 20.9 Å². The molecule has 0 radical (unpaired) electrons. The second kappa shape index (κ2) is 12.1. The number of amides is 1. The van der Waals surface area contributed by atoms with Crippen LogP contribution in [-0.4, -0.2) is 42.7 Å². The number of ether oxygens (including phenoxy) is 3. The number of esters is 1. The standard InChI is InChI=1S/C28H25BrN2O5S/c1-4-35-27(33)19-10-12-21(13-11-19)30-28-31(2)26(32)25(37-28)15-20-14-23(34-3)24(16-22(20)29)36-17-18-8-6-5-7-9-18/h5-16H,4,17H2,1-3H3. The van der Waals surface area contributed by atoms with Gasteiger partial charge in [-0.25, -0.2) is 9.79 Å². The number of carbonyl (C=O) groups excluding carboxylic acids is 2. The predicted molar refractivity (Wildman–Crippen MR) is 149 cm³/mol. The molecule has 0 unspecified atom stereocenters. The van der Waals surface area contributed by atoms with Gasteiger partial charge in [0.15, 0.2) is 16.7 Å². The Balaban J connectivity index is 1.53. The third-order valence-electron chi connectivity index (χ3n) is 5.41. The fourth-order valence-electron chi connectivity index (χ4n) is 3.46. The lowest BCUT2D eigenvalue weighted by Crippen LogP contribution is -2.23. The Morgan fingerprint density at radius 3 is 2.49 bits per heavy atom. The van der Waals surface area contributed by atoms with E-state index >= 15 is 0 Å². The highest BCUT2D eigenvalue weighted by atomic mass is 79.9. The van der Waals surface area contributed by atoms with E-state index < -0.39 is 0 Å². The number of hydrogen-bond acceptors (Lipinski definition) is 7. The first-order valence-electron chi connectivity index (χ1n) is 11.5. The molecular formula is C28H25BrN2O5S. The molecule has 9 heteroatoms. The van der Waals surface area contributed by atoms with E-state index in [1.807, 2.05) is 42.5 Å². The van der Waals surface area contributed by atoms with E-state index in [9.17, 15) is 9.59 Å². The van der Waals surface area contributed by atoms with Gasteiger partial charge in [-0.2, -0.15) is 0 Å². The average molecular weight is 581 g/mol. The molecule has 1 aliphatic rings. The molecule has 0 saturated carbocycles. The van der Waals surface area contributed by atoms with Crippen molar-refractivity contribution in [3.05, 3.63) is 92.8 Å². The Bertz CT molecular complexity index is 1360. The smallest absolute Gasteiger partial charge is 0.338 e. The Kier molecular flexibility index (Phi) is 8.68. The summed E-state index contributed by atoms with van der Waals surface area (Å²) in [6.07, 6.45) is 1.80. The number of thioether (sulfide) groups is 1. The summed E-state index contributed by atoms with van der Waals surface area (Å²) in [5.41, 5.74) is 2.89. The number of amidine groups is 1. The summed E-state index contributed by atoms with van der Waals surface area (Å²) in [4.78, 5) is 31.4. The molecule has 1 amide bonds. The highest BCUT2D eigenvalue weighted by molar-refractivity contribution is 9.10. The first-order chi connectivity index (χ1) is 17.9. The predicted octanol–water partition coefficient (Wildman–Crippen LogP) is 6.45. The van der Waals surface area contributed by atoms with Gasteiger partial charge in [0, 0.05) is 11.5 Å². The van der Waals surface area contributed by atoms with E-state index in [-0.39, 0.29) is 11.9 Å². The van der Waals surface area contributed by atoms with E-state index in [0.29, 0.717) is 46.0 Å². The van der Waals surface area contributed by atoms with Gasteiger partial charge in [0.25, 0.3) is 5.91 Å². The zero-order chi connectivity index (χ0) is 26.4. The van der Waals surface area contributed by atoms with Crippen LogP contribution in [0.25, 0.3) is 6.08 Å². The molecule has 1 aliphatic heterocycles. The molecular weight excluding hydrogens is 556 g/mol. The van der Waals surface area contributed by atoms with E-state index in [4.69, 9.17) is 14.2 Å². The van der Waals surface area contributed by atoms with Crippen molar-refractivity contribution in [3.8, 4) is 11.5 Å². The highest BCUT2D eigenvalue weighted by Crippen LogP contribution is 2.38. The quantitative estimate of drug-likeness (QED) is 0.225. The number of benzene rings is 3. The first-order valence-corrected chi connectivity index (χ1v) is 13.1. The maximum absolute atomic E-state index is 12.9. The van der Waals surface area contributed by atoms with Gasteiger partial charge in [0.1, 0.15) is 6.61 Å². The van der Waals surface area contributed by atoms with Crippen LogP contribution in [0, 0.1) is 0 Å². The van der Waals surface area contributed by atoms with Crippen LogP contribution in [0.2, 0.25) is 0 Å². The number of rotatable bonds is 8. The van der Waals surface area contributed by atoms with Crippen LogP contribution in [0.1, 0.15) is 28.4 Å². The van der Waals surface area contributed by atoms with Gasteiger partial charge in [0.2, 0.25) is 0 Å². The van der Waals surface area contributed by atoms with Crippen LogP contribution in [-0.2, 0) is 16.1 Å². The summed E-state index contributed by atoms with van der Waals surface area (Å²) in [7, 11) is 3.26. The Morgan fingerprint density at radius 2 is 1.81 bits per heavy atom. The summed E-state index contributed by atoms with van der Waals surface area (Å²) in [5.74, 6) is 0.607. The van der Waals surface area contributed by atoms with Gasteiger partial charge in [-0.15, -0.1) is 0 Å². The zero-order valence-corrected chi connectivity index (χ0v) is 23.0. The summed E-state index contributed by atoms with van der Waals surface area (Å²) < 4.78 is 17.3. The summed E-state index contributed by atoms with van der Waals surface area (Å²) in [6, 6.07) is 20.3. The molecule has 0 spiro atoms. The number of methoxy groups -OCH3 is 1. The molecule has 4 rings (SSSR count). The average Bonchev–Trinajstić information content (AvgIpc) is 3.17. The lowest BCUT2D eigenvalue weighted by molar-refractivity contribution is -0.121. The van der Waals surface area contributed by atoms with E-state index in [1.165, 1.54) is 16.7 Å². The topological polar surface area (TPSA) is 77.4 Å². The number of carbonyl (C=O) groups is 2. The summed E-state index contributed by atoms with van der Waals surface area (Å²) in [5, 5.41) is 0.533. The monoisotopic (exact) mass is 580 g/mol. The van der Waals surface area contributed by atoms with Gasteiger partial charge >= 0.3 is 5.97 Å². The molecule has 1 heterocycles. The number of halogens is 1. The molecule has 1 saturated heterocycles. The number of nitrogens with zero attached hydrogens (tertiary/aromatic N) is 2. The van der Waals surface area contributed by atoms with Crippen LogP contribution in [0.3, 0.4) is 0 Å². The zero-order valence-electron chi connectivity index (χ0n) is 20.6. The Morgan fingerprint density at radius 1 is 1.08 bits per heavy atom. The largest absolute Gasteiger partial charge is 0.493 e. The molecule has 190 valence electrons. The molecule has 0 bridgehead atoms. The minimum atomic E-state index is -0.382. The second-order valence-corrected chi connectivity index (χ2v) is 9.80. The normalized spacial score (nSPS) is 15.4. The summed E-state index contributed by atoms with van der Waals surface area (Å²) >= 11 is 4.87. The SMILES string of the molecule is CCOC(=O)c1ccc(N=C2SC(=Cc3cc(OC)c(OCc4ccccc4)cc3Br)C(=O)N2C)cc1. The molecule has 3 aromatic carbocycles. The maximum atomic E-state index is 12.9. The van der Waals surface area contributed by atoms with Crippen LogP contribution < -0.4 is 9.47 Å². The minimum Gasteiger partial charge on any atom is -0.493 e. The fraction of sp³-hybridized carbons (Fsp3) is 0.179. The summed E-state index contributed by atoms with van der Waals surface area (Å²) in [6.45, 7) is 2.48. The van der Waals surface area contributed by atoms with Crippen molar-refractivity contribution in [2.24, 2.45) is 4.99 Å². The van der Waals surface area contributed by atoms with Crippen molar-refractivity contribution >= 4 is 56.5 Å². The van der Waals surface area contributed by atoms with Gasteiger partial charge in [-0.1, -0.05) is 46.3 Å². The molecule has 7 nitrogen and oxygen atoms in total. The Hall–Kier alpha value is -3.56. The van der Waals surface area contributed by atoms with Crippen molar-refractivity contribution in [1.82, 2.24) is 4.90 Å². The van der Waals surface area contributed by atoms with Crippen molar-refractivity contribution in [2.45, 2.75) is 13.5 Å². The van der Waals surface area contributed by atoms with Crippen molar-refractivity contribution in [2.75, 3.05) is 20.8 Å². The maximum Gasteiger partial charge on any atom is 0.338 e. The van der Waals surface area contributed by atoms with Crippen LogP contribution >= 0.6 is 27.7 Å². The van der Waals surface area contributed by atoms with Crippen molar-refractivity contribution < 1.29 is 23.8 Å². The number of hydrogen-bond donors (Lipinski definition) is 0. The molecule has 3 aromatic rings. The second-order valence-electron chi connectivity index (χ2n) is 7.94. The van der Waals surface area contributed by atoms with Gasteiger partial charge in [-0.3, -0.25) is 9.69 Å². The molecule has 1 fully saturated rings. The Labute approximate surface area is 228 Å². The third kappa shape index (κ3) is 6.42. The fourth-order valence-corrected chi connectivity index (χ4v) is 4.87. The lowest BCUT2D eigenvalue weighted by atomic mass is 10.1. The van der Waals surface area contributed by atoms with Gasteiger partial charge in [-0.05, 0) is 72.3 Å². The number of likely N-dealkylation sites (N-methyl/N-ethyl adjacent to an activating group) is 1. The van der Waals surface area contributed by atoms with Crippen LogP contribution in [0.5, 0.6) is 11.5 Å². The number of aliphatic imine (C=N–C) groups is 1. The lowest BCUT2D eigenvalue weighted by Gasteiger charge is -2.13. The van der Waals surface area contributed by atoms with E-state index in [0.717, 1.165) is 15.6 Å². The highest BCUT2D eigenvalue weighted by Gasteiger charge is 2.30. The third-order valence-corrected chi connectivity index (χ3v) is 7.16. The minimum absolute atomic E-state index is 0.165. The first kappa shape index (κ1) is 26.5. The van der Waals surface area contributed by atoms with Gasteiger partial charge in [0.05, 0.1) is 29.9 Å². The van der Waals surface area contributed by atoms with Crippen molar-refractivity contribution in [1.29, 1.82) is 0 Å². The van der Waals surface area contributed by atoms with Crippen LogP contribution in [0.15, 0.2) is 81.1 Å². The van der Waals surface area contributed by atoms with E-state index in [1.54, 1.807) is 51.4 Å². The molecule has 37 heavy (non-hydrogen) atoms. The van der Waals surface area contributed by atoms with Crippen molar-refractivity contribution in [3.63, 3.8) is 0 Å². The molecule has 0 atom stereocenters.